The zero-order valence-electron chi connectivity index (χ0n) is 18.0. The van der Waals surface area contributed by atoms with Crippen molar-refractivity contribution in [2.45, 2.75) is 46.0 Å². The second kappa shape index (κ2) is 6.69. The van der Waals surface area contributed by atoms with Gasteiger partial charge in [0, 0.05) is 46.4 Å². The minimum atomic E-state index is -0.0965. The fourth-order valence-corrected chi connectivity index (χ4v) is 4.88. The van der Waals surface area contributed by atoms with Gasteiger partial charge in [-0.25, -0.2) is 4.98 Å². The Bertz CT molecular complexity index is 1260. The topological polar surface area (TPSA) is 57.8 Å². The molecule has 1 aromatic carbocycles. The largest absolute Gasteiger partial charge is 0.351 e. The number of carbonyl (C=O) groups excluding carboxylic acids is 1. The van der Waals surface area contributed by atoms with Gasteiger partial charge in [0.1, 0.15) is 5.65 Å². The van der Waals surface area contributed by atoms with Gasteiger partial charge >= 0.3 is 0 Å². The Morgan fingerprint density at radius 3 is 2.70 bits per heavy atom. The zero-order chi connectivity index (χ0) is 21.0. The van der Waals surface area contributed by atoms with Gasteiger partial charge in [-0.3, -0.25) is 4.79 Å². The number of nitrogens with zero attached hydrogens (tertiary/aromatic N) is 1. The van der Waals surface area contributed by atoms with E-state index in [2.05, 4.69) is 56.2 Å². The van der Waals surface area contributed by atoms with E-state index in [0.717, 1.165) is 46.1 Å². The number of benzene rings is 1. The smallest absolute Gasteiger partial charge is 0.251 e. The van der Waals surface area contributed by atoms with Crippen molar-refractivity contribution in [3.05, 3.63) is 70.6 Å². The summed E-state index contributed by atoms with van der Waals surface area (Å²) in [6.07, 6.45) is 8.55. The first kappa shape index (κ1) is 18.9. The van der Waals surface area contributed by atoms with Gasteiger partial charge in [0.05, 0.1) is 0 Å². The molecule has 152 valence electrons. The van der Waals surface area contributed by atoms with Crippen LogP contribution in [0.1, 0.15) is 62.0 Å². The van der Waals surface area contributed by atoms with Crippen molar-refractivity contribution in [3.63, 3.8) is 0 Å². The van der Waals surface area contributed by atoms with Gasteiger partial charge in [-0.15, -0.1) is 0 Å². The molecule has 1 amide bonds. The Morgan fingerprint density at radius 2 is 1.90 bits per heavy atom. The Labute approximate surface area is 177 Å². The van der Waals surface area contributed by atoms with E-state index in [1.807, 2.05) is 24.5 Å². The molecule has 0 saturated carbocycles. The predicted octanol–water partition coefficient (Wildman–Crippen LogP) is 5.76. The van der Waals surface area contributed by atoms with Crippen LogP contribution in [0.5, 0.6) is 0 Å². The van der Waals surface area contributed by atoms with Crippen LogP contribution in [-0.4, -0.2) is 22.4 Å². The number of rotatable bonds is 2. The molecule has 4 nitrogen and oxygen atoms in total. The molecule has 30 heavy (non-hydrogen) atoms. The van der Waals surface area contributed by atoms with Crippen molar-refractivity contribution >= 4 is 22.5 Å². The highest BCUT2D eigenvalue weighted by molar-refractivity contribution is 6.00. The third-order valence-corrected chi connectivity index (χ3v) is 6.61. The third kappa shape index (κ3) is 2.90. The number of carbonyl (C=O) groups is 1. The lowest BCUT2D eigenvalue weighted by Crippen LogP contribution is -2.43. The number of amides is 1. The van der Waals surface area contributed by atoms with Crippen LogP contribution in [0.15, 0.2) is 53.9 Å². The van der Waals surface area contributed by atoms with Crippen LogP contribution >= 0.6 is 0 Å². The number of H-pyrrole nitrogens is 1. The lowest BCUT2D eigenvalue weighted by molar-refractivity contribution is 0.0930. The molecule has 0 radical (unpaired) electrons. The van der Waals surface area contributed by atoms with Crippen molar-refractivity contribution < 1.29 is 4.79 Å². The molecule has 2 aromatic heterocycles. The molecule has 0 unspecified atom stereocenters. The number of fused-ring (bicyclic) bond motifs is 2. The van der Waals surface area contributed by atoms with Gasteiger partial charge in [-0.2, -0.15) is 0 Å². The number of allylic oxidation sites excluding steroid dienone is 4. The normalized spacial score (nSPS) is 18.3. The van der Waals surface area contributed by atoms with Gasteiger partial charge in [0.2, 0.25) is 0 Å². The molecule has 0 spiro atoms. The van der Waals surface area contributed by atoms with E-state index in [9.17, 15) is 4.79 Å². The van der Waals surface area contributed by atoms with Crippen LogP contribution in [0, 0.1) is 0 Å². The minimum absolute atomic E-state index is 0.0146. The van der Waals surface area contributed by atoms with Crippen molar-refractivity contribution in [1.29, 1.82) is 0 Å². The summed E-state index contributed by atoms with van der Waals surface area (Å²) in [6, 6.07) is 8.44. The molecule has 1 aliphatic heterocycles. The average Bonchev–Trinajstić information content (AvgIpc) is 3.14. The Morgan fingerprint density at radius 1 is 1.07 bits per heavy atom. The molecular weight excluding hydrogens is 370 g/mol. The number of hydrogen-bond acceptors (Lipinski definition) is 2. The summed E-state index contributed by atoms with van der Waals surface area (Å²) in [6.45, 7) is 9.43. The SMILES string of the molecule is CC1=CCCC(C)=C1c1cnc2[nH]cc(-c3ccc4c(c3)C(C)(C)CNC4=O)c2c1. The highest BCUT2D eigenvalue weighted by Crippen LogP contribution is 2.38. The van der Waals surface area contributed by atoms with Crippen molar-refractivity contribution in [2.75, 3.05) is 6.54 Å². The molecule has 4 heteroatoms. The molecule has 2 aliphatic rings. The van der Waals surface area contributed by atoms with Crippen molar-refractivity contribution in [3.8, 4) is 11.1 Å². The van der Waals surface area contributed by atoms with Gasteiger partial charge in [0.15, 0.2) is 0 Å². The molecular formula is C26H27N3O. The van der Waals surface area contributed by atoms with Crippen LogP contribution in [0.2, 0.25) is 0 Å². The maximum Gasteiger partial charge on any atom is 0.251 e. The van der Waals surface area contributed by atoms with E-state index in [-0.39, 0.29) is 11.3 Å². The van der Waals surface area contributed by atoms with E-state index in [4.69, 9.17) is 4.98 Å². The molecule has 1 aliphatic carbocycles. The minimum Gasteiger partial charge on any atom is -0.351 e. The van der Waals surface area contributed by atoms with Gasteiger partial charge in [-0.1, -0.05) is 31.6 Å². The first-order chi connectivity index (χ1) is 14.3. The Hall–Kier alpha value is -3.14. The second-order valence-electron chi connectivity index (χ2n) is 9.23. The maximum absolute atomic E-state index is 12.3. The monoisotopic (exact) mass is 397 g/mol. The number of aromatic nitrogens is 2. The van der Waals surface area contributed by atoms with E-state index >= 15 is 0 Å². The zero-order valence-corrected chi connectivity index (χ0v) is 18.0. The van der Waals surface area contributed by atoms with E-state index in [1.54, 1.807) is 0 Å². The van der Waals surface area contributed by atoms with E-state index in [0.29, 0.717) is 6.54 Å². The molecule has 0 saturated heterocycles. The summed E-state index contributed by atoms with van der Waals surface area (Å²) < 4.78 is 0. The summed E-state index contributed by atoms with van der Waals surface area (Å²) >= 11 is 0. The number of pyridine rings is 1. The van der Waals surface area contributed by atoms with Crippen LogP contribution in [0.25, 0.3) is 27.7 Å². The standard InChI is InChI=1S/C26H27N3O/c1-15-6-5-7-16(2)23(15)18-10-20-21(13-28-24(20)27-12-18)17-8-9-19-22(11-17)26(3,4)14-29-25(19)30/h6,8-13H,5,7,14H2,1-4H3,(H,27,28)(H,29,30). The lowest BCUT2D eigenvalue weighted by atomic mass is 9.78. The molecule has 3 aromatic rings. The van der Waals surface area contributed by atoms with Gasteiger partial charge < -0.3 is 10.3 Å². The summed E-state index contributed by atoms with van der Waals surface area (Å²) in [5, 5.41) is 4.11. The highest BCUT2D eigenvalue weighted by Gasteiger charge is 2.31. The number of hydrogen-bond donors (Lipinski definition) is 2. The predicted molar refractivity (Wildman–Crippen MR) is 122 cm³/mol. The molecule has 0 bridgehead atoms. The number of aromatic amines is 1. The summed E-state index contributed by atoms with van der Waals surface area (Å²) in [4.78, 5) is 20.4. The van der Waals surface area contributed by atoms with Gasteiger partial charge in [0.25, 0.3) is 5.91 Å². The highest BCUT2D eigenvalue weighted by atomic mass is 16.1. The van der Waals surface area contributed by atoms with Crippen LogP contribution in [0.3, 0.4) is 0 Å². The first-order valence-corrected chi connectivity index (χ1v) is 10.6. The third-order valence-electron chi connectivity index (χ3n) is 6.61. The fraction of sp³-hybridized carbons (Fsp3) is 0.308. The molecule has 5 rings (SSSR count). The van der Waals surface area contributed by atoms with Crippen LogP contribution in [0.4, 0.5) is 0 Å². The molecule has 2 N–H and O–H groups in total. The quantitative estimate of drug-likeness (QED) is 0.577. The molecule has 0 fully saturated rings. The lowest BCUT2D eigenvalue weighted by Gasteiger charge is -2.32. The Balaban J connectivity index is 1.66. The maximum atomic E-state index is 12.3. The summed E-state index contributed by atoms with van der Waals surface area (Å²) in [5.41, 5.74) is 10.2. The molecule has 3 heterocycles. The Kier molecular flexibility index (Phi) is 4.21. The van der Waals surface area contributed by atoms with E-state index < -0.39 is 0 Å². The molecule has 0 atom stereocenters. The van der Waals surface area contributed by atoms with Crippen LogP contribution < -0.4 is 5.32 Å². The average molecular weight is 398 g/mol. The van der Waals surface area contributed by atoms with Gasteiger partial charge in [-0.05, 0) is 67.2 Å². The van der Waals surface area contributed by atoms with Crippen molar-refractivity contribution in [1.82, 2.24) is 15.3 Å². The first-order valence-electron chi connectivity index (χ1n) is 10.6. The second-order valence-corrected chi connectivity index (χ2v) is 9.23. The number of nitrogens with one attached hydrogen (secondary N) is 2. The van der Waals surface area contributed by atoms with Crippen LogP contribution in [-0.2, 0) is 5.41 Å². The fourth-order valence-electron chi connectivity index (χ4n) is 4.88. The summed E-state index contributed by atoms with van der Waals surface area (Å²) in [7, 11) is 0. The van der Waals surface area contributed by atoms with E-state index in [1.165, 1.54) is 22.3 Å². The summed E-state index contributed by atoms with van der Waals surface area (Å²) in [5.74, 6) is 0.0146. The van der Waals surface area contributed by atoms with Crippen molar-refractivity contribution in [2.24, 2.45) is 0 Å².